The summed E-state index contributed by atoms with van der Waals surface area (Å²) >= 11 is 0. The molecule has 2 aromatic rings. The lowest BCUT2D eigenvalue weighted by atomic mass is 9.95. The average Bonchev–Trinajstić information content (AvgIpc) is 3.10. The molecule has 3 amide bonds. The van der Waals surface area contributed by atoms with E-state index < -0.39 is 6.10 Å². The number of carbonyl (C=O) groups is 3. The summed E-state index contributed by atoms with van der Waals surface area (Å²) in [7, 11) is 1.61. The predicted molar refractivity (Wildman–Crippen MR) is 142 cm³/mol. The molecule has 0 saturated carbocycles. The molecule has 0 spiro atoms. The monoisotopic (exact) mass is 523 g/mol. The summed E-state index contributed by atoms with van der Waals surface area (Å²) in [5.74, 6) is 0.743. The van der Waals surface area contributed by atoms with E-state index in [1.54, 1.807) is 21.8 Å². The largest absolute Gasteiger partial charge is 0.497 e. The molecule has 2 aliphatic heterocycles. The number of rotatable bonds is 9. The average molecular weight is 524 g/mol. The van der Waals surface area contributed by atoms with E-state index in [1.807, 2.05) is 62.4 Å². The van der Waals surface area contributed by atoms with Crippen molar-refractivity contribution >= 4 is 17.7 Å². The van der Waals surface area contributed by atoms with Crippen LogP contribution in [0, 0.1) is 5.92 Å². The Morgan fingerprint density at radius 3 is 2.50 bits per heavy atom. The Labute approximate surface area is 224 Å². The second-order valence-corrected chi connectivity index (χ2v) is 9.66. The molecule has 2 atom stereocenters. The van der Waals surface area contributed by atoms with Crippen molar-refractivity contribution in [1.82, 2.24) is 14.7 Å². The van der Waals surface area contributed by atoms with E-state index in [0.29, 0.717) is 26.1 Å². The highest BCUT2D eigenvalue weighted by Crippen LogP contribution is 2.28. The van der Waals surface area contributed by atoms with Crippen molar-refractivity contribution in [3.8, 4) is 11.5 Å². The van der Waals surface area contributed by atoms with Crippen LogP contribution in [0.1, 0.15) is 25.0 Å². The van der Waals surface area contributed by atoms with Crippen molar-refractivity contribution in [3.63, 3.8) is 0 Å². The molecule has 0 radical (unpaired) electrons. The first-order valence-corrected chi connectivity index (χ1v) is 13.2. The normalized spacial score (nSPS) is 19.3. The van der Waals surface area contributed by atoms with Gasteiger partial charge in [-0.1, -0.05) is 30.3 Å². The van der Waals surface area contributed by atoms with Gasteiger partial charge in [-0.05, 0) is 49.6 Å². The maximum absolute atomic E-state index is 13.6. The fourth-order valence-electron chi connectivity index (χ4n) is 4.96. The van der Waals surface area contributed by atoms with Crippen LogP contribution in [-0.2, 0) is 32.1 Å². The molecule has 1 saturated heterocycles. The predicted octanol–water partition coefficient (Wildman–Crippen LogP) is 2.37. The number of fused-ring (bicyclic) bond motifs is 1. The zero-order valence-electron chi connectivity index (χ0n) is 22.4. The smallest absolute Gasteiger partial charge is 0.248 e. The van der Waals surface area contributed by atoms with Crippen LogP contribution < -0.4 is 9.47 Å². The highest BCUT2D eigenvalue weighted by molar-refractivity contribution is 5.87. The van der Waals surface area contributed by atoms with Gasteiger partial charge in [-0.2, -0.15) is 0 Å². The molecular formula is C29H37N3O6. The van der Waals surface area contributed by atoms with Crippen LogP contribution in [0.3, 0.4) is 0 Å². The first kappa shape index (κ1) is 27.4. The zero-order chi connectivity index (χ0) is 27.1. The van der Waals surface area contributed by atoms with Crippen LogP contribution in [-0.4, -0.2) is 91.6 Å². The molecule has 0 N–H and O–H groups in total. The molecular weight excluding hydrogens is 486 g/mol. The molecule has 38 heavy (non-hydrogen) atoms. The van der Waals surface area contributed by atoms with Gasteiger partial charge in [0.1, 0.15) is 24.7 Å². The van der Waals surface area contributed by atoms with Gasteiger partial charge >= 0.3 is 0 Å². The number of ether oxygens (including phenoxy) is 3. The first-order valence-electron chi connectivity index (χ1n) is 13.2. The number of para-hydroxylation sites is 1. The molecule has 0 aliphatic carbocycles. The molecule has 1 fully saturated rings. The van der Waals surface area contributed by atoms with Crippen LogP contribution in [0.2, 0.25) is 0 Å². The number of methoxy groups -OCH3 is 1. The third-order valence-electron chi connectivity index (χ3n) is 7.16. The Morgan fingerprint density at radius 2 is 1.79 bits per heavy atom. The molecule has 0 aromatic heterocycles. The highest BCUT2D eigenvalue weighted by Gasteiger charge is 2.36. The molecule has 9 heteroatoms. The Balaban J connectivity index is 1.49. The molecule has 0 unspecified atom stereocenters. The Bertz CT molecular complexity index is 1120. The van der Waals surface area contributed by atoms with Crippen LogP contribution in [0.4, 0.5) is 0 Å². The van der Waals surface area contributed by atoms with Gasteiger partial charge in [-0.25, -0.2) is 0 Å². The molecule has 2 aliphatic rings. The molecule has 0 bridgehead atoms. The van der Waals surface area contributed by atoms with E-state index in [0.717, 1.165) is 22.6 Å². The number of carbonyl (C=O) groups excluding carboxylic acids is 3. The number of hydrogen-bond donors (Lipinski definition) is 0. The van der Waals surface area contributed by atoms with E-state index in [4.69, 9.17) is 14.2 Å². The van der Waals surface area contributed by atoms with Gasteiger partial charge in [0, 0.05) is 32.7 Å². The molecule has 9 nitrogen and oxygen atoms in total. The topological polar surface area (TPSA) is 88.6 Å². The molecule has 204 valence electrons. The van der Waals surface area contributed by atoms with Gasteiger partial charge in [0.2, 0.25) is 17.7 Å². The minimum absolute atomic E-state index is 0.0447. The maximum Gasteiger partial charge on any atom is 0.248 e. The van der Waals surface area contributed by atoms with Gasteiger partial charge in [-0.15, -0.1) is 0 Å². The zero-order valence-corrected chi connectivity index (χ0v) is 22.4. The summed E-state index contributed by atoms with van der Waals surface area (Å²) < 4.78 is 17.1. The van der Waals surface area contributed by atoms with Crippen molar-refractivity contribution in [2.75, 3.05) is 53.0 Å². The Kier molecular flexibility index (Phi) is 9.23. The maximum atomic E-state index is 13.6. The van der Waals surface area contributed by atoms with Crippen molar-refractivity contribution < 1.29 is 28.6 Å². The highest BCUT2D eigenvalue weighted by atomic mass is 16.5. The van der Waals surface area contributed by atoms with Crippen molar-refractivity contribution in [2.45, 2.75) is 32.9 Å². The van der Waals surface area contributed by atoms with Gasteiger partial charge < -0.3 is 28.9 Å². The number of hydrogen-bond acceptors (Lipinski definition) is 6. The van der Waals surface area contributed by atoms with Gasteiger partial charge in [0.25, 0.3) is 0 Å². The van der Waals surface area contributed by atoms with Gasteiger partial charge in [0.05, 0.1) is 25.7 Å². The fourth-order valence-corrected chi connectivity index (χ4v) is 4.96. The summed E-state index contributed by atoms with van der Waals surface area (Å²) in [4.78, 5) is 44.6. The lowest BCUT2D eigenvalue weighted by molar-refractivity contribution is -0.143. The number of benzene rings is 2. The lowest BCUT2D eigenvalue weighted by Gasteiger charge is -2.30. The van der Waals surface area contributed by atoms with Crippen molar-refractivity contribution in [2.24, 2.45) is 5.92 Å². The second kappa shape index (κ2) is 12.8. The minimum atomic E-state index is -0.500. The molecule has 2 heterocycles. The summed E-state index contributed by atoms with van der Waals surface area (Å²) in [6, 6.07) is 15.2. The third-order valence-corrected chi connectivity index (χ3v) is 7.16. The van der Waals surface area contributed by atoms with Crippen LogP contribution >= 0.6 is 0 Å². The second-order valence-electron chi connectivity index (χ2n) is 9.66. The van der Waals surface area contributed by atoms with E-state index in [9.17, 15) is 14.4 Å². The van der Waals surface area contributed by atoms with E-state index in [1.165, 1.54) is 0 Å². The molecule has 2 aromatic carbocycles. The first-order chi connectivity index (χ1) is 18.4. The summed E-state index contributed by atoms with van der Waals surface area (Å²) in [5.41, 5.74) is 1.92. The van der Waals surface area contributed by atoms with Crippen LogP contribution in [0.5, 0.6) is 11.5 Å². The van der Waals surface area contributed by atoms with Gasteiger partial charge in [-0.3, -0.25) is 14.4 Å². The fraction of sp³-hybridized carbons (Fsp3) is 0.483. The SMILES string of the molecule is CCN(CC)C(=O)CO[C@H]1CN(Cc2ccc(OC)cc2)C(=O)CN(C(=O)[C@@H]2COc3ccccc3C2)C1. The number of likely N-dealkylation sites (N-methyl/N-ethyl adjacent to an activating group) is 1. The van der Waals surface area contributed by atoms with Gasteiger partial charge in [0.15, 0.2) is 0 Å². The standard InChI is InChI=1S/C29H37N3O6/c1-4-30(5-2)28(34)20-37-25-16-31(15-21-10-12-24(36-3)13-11-21)27(33)18-32(17-25)29(35)23-14-22-8-6-7-9-26(22)38-19-23/h6-13,23,25H,4-5,14-20H2,1-3H3/t23-,25-/m0/s1. The third kappa shape index (κ3) is 6.64. The molecule has 4 rings (SSSR count). The summed E-state index contributed by atoms with van der Waals surface area (Å²) in [6.07, 6.45) is 0.0567. The lowest BCUT2D eigenvalue weighted by Crippen LogP contribution is -2.46. The minimum Gasteiger partial charge on any atom is -0.497 e. The van der Waals surface area contributed by atoms with E-state index in [2.05, 4.69) is 0 Å². The van der Waals surface area contributed by atoms with E-state index in [-0.39, 0.29) is 56.5 Å². The Hall–Kier alpha value is -3.59. The van der Waals surface area contributed by atoms with E-state index >= 15 is 0 Å². The number of nitrogens with zero attached hydrogens (tertiary/aromatic N) is 3. The summed E-state index contributed by atoms with van der Waals surface area (Å²) in [5, 5.41) is 0. The van der Waals surface area contributed by atoms with Crippen molar-refractivity contribution in [1.29, 1.82) is 0 Å². The van der Waals surface area contributed by atoms with Crippen molar-refractivity contribution in [3.05, 3.63) is 59.7 Å². The summed E-state index contributed by atoms with van der Waals surface area (Å²) in [6.45, 7) is 6.04. The number of amides is 3. The van der Waals surface area contributed by atoms with Crippen LogP contribution in [0.25, 0.3) is 0 Å². The quantitative estimate of drug-likeness (QED) is 0.502. The van der Waals surface area contributed by atoms with Crippen LogP contribution in [0.15, 0.2) is 48.5 Å². The Morgan fingerprint density at radius 1 is 1.05 bits per heavy atom.